The van der Waals surface area contributed by atoms with Crippen LogP contribution in [0.25, 0.3) is 0 Å². The van der Waals surface area contributed by atoms with Gasteiger partial charge in [-0.15, -0.1) is 0 Å². The second kappa shape index (κ2) is 4.96. The highest BCUT2D eigenvalue weighted by Crippen LogP contribution is 2.64. The molecule has 1 saturated heterocycles. The van der Waals surface area contributed by atoms with Gasteiger partial charge < -0.3 is 19.7 Å². The summed E-state index contributed by atoms with van der Waals surface area (Å²) >= 11 is 0. The average Bonchev–Trinajstić information content (AvgIpc) is 2.95. The van der Waals surface area contributed by atoms with Crippen molar-refractivity contribution < 1.29 is 24.5 Å². The first kappa shape index (κ1) is 15.6. The summed E-state index contributed by atoms with van der Waals surface area (Å²) in [5, 5.41) is 22.2. The number of phenolic OH excluding ortho intramolecular Hbond substituents is 1. The minimum Gasteiger partial charge on any atom is -0.504 e. The third-order valence-corrected chi connectivity index (χ3v) is 6.95. The Morgan fingerprint density at radius 1 is 1.40 bits per heavy atom. The molecule has 2 bridgehead atoms. The van der Waals surface area contributed by atoms with Crippen LogP contribution in [-0.4, -0.2) is 65.4 Å². The maximum atomic E-state index is 12.7. The number of hydrogen-bond donors (Lipinski definition) is 2. The van der Waals surface area contributed by atoms with Crippen LogP contribution in [0.15, 0.2) is 12.1 Å². The normalized spacial score (nSPS) is 38.4. The van der Waals surface area contributed by atoms with Gasteiger partial charge in [0.1, 0.15) is 0 Å². The Morgan fingerprint density at radius 2 is 2.24 bits per heavy atom. The van der Waals surface area contributed by atoms with E-state index in [0.717, 1.165) is 24.2 Å². The van der Waals surface area contributed by atoms with Gasteiger partial charge in [0.2, 0.25) is 0 Å². The molecule has 5 rings (SSSR count). The molecule has 2 aliphatic heterocycles. The molecule has 2 aliphatic carbocycles. The van der Waals surface area contributed by atoms with Crippen LogP contribution < -0.4 is 4.74 Å². The van der Waals surface area contributed by atoms with Crippen LogP contribution in [0.3, 0.4) is 0 Å². The van der Waals surface area contributed by atoms with E-state index in [9.17, 15) is 15.0 Å². The summed E-state index contributed by atoms with van der Waals surface area (Å²) < 4.78 is 11.2. The van der Waals surface area contributed by atoms with Gasteiger partial charge in [-0.25, -0.2) is 0 Å². The van der Waals surface area contributed by atoms with Gasteiger partial charge in [-0.2, -0.15) is 0 Å². The number of carbonyl (C=O) groups is 1. The lowest BCUT2D eigenvalue weighted by Crippen LogP contribution is -2.76. The monoisotopic (exact) mass is 345 g/mol. The number of benzene rings is 1. The number of likely N-dealkylation sites (tertiary alicyclic amines) is 1. The van der Waals surface area contributed by atoms with Crippen molar-refractivity contribution in [2.45, 2.75) is 48.8 Å². The molecule has 6 nitrogen and oxygen atoms in total. The fourth-order valence-corrected chi connectivity index (χ4v) is 5.89. The molecule has 0 aromatic heterocycles. The van der Waals surface area contributed by atoms with Crippen LogP contribution in [-0.2, 0) is 21.4 Å². The molecule has 4 atom stereocenters. The van der Waals surface area contributed by atoms with Crippen LogP contribution in [0.4, 0.5) is 0 Å². The molecule has 1 spiro atoms. The lowest BCUT2D eigenvalue weighted by Gasteiger charge is -2.62. The van der Waals surface area contributed by atoms with E-state index in [1.807, 2.05) is 6.07 Å². The Balaban J connectivity index is 1.72. The zero-order valence-corrected chi connectivity index (χ0v) is 14.3. The molecule has 2 fully saturated rings. The second-order valence-corrected chi connectivity index (χ2v) is 7.81. The Kier molecular flexibility index (Phi) is 3.10. The molecule has 2 unspecified atom stereocenters. The van der Waals surface area contributed by atoms with E-state index < -0.39 is 17.1 Å². The number of Topliss-reactive ketones (excluding diaryl/α,β-unsaturated/α-hetero) is 1. The van der Waals surface area contributed by atoms with Crippen molar-refractivity contribution in [3.8, 4) is 11.5 Å². The molecule has 1 aromatic carbocycles. The number of aliphatic hydroxyl groups is 1. The van der Waals surface area contributed by atoms with Crippen LogP contribution in [0.5, 0.6) is 11.5 Å². The van der Waals surface area contributed by atoms with E-state index in [1.54, 1.807) is 13.2 Å². The van der Waals surface area contributed by atoms with Crippen molar-refractivity contribution >= 4 is 5.78 Å². The largest absolute Gasteiger partial charge is 0.504 e. The van der Waals surface area contributed by atoms with Crippen molar-refractivity contribution in [1.82, 2.24) is 4.90 Å². The number of hydrogen-bond acceptors (Lipinski definition) is 6. The summed E-state index contributed by atoms with van der Waals surface area (Å²) in [5.74, 6) is 0.523. The van der Waals surface area contributed by atoms with Crippen LogP contribution in [0, 0.1) is 0 Å². The Hall–Kier alpha value is -1.63. The summed E-state index contributed by atoms with van der Waals surface area (Å²) in [4.78, 5) is 15.0. The molecular weight excluding hydrogens is 322 g/mol. The summed E-state index contributed by atoms with van der Waals surface area (Å²) in [5.41, 5.74) is 0.236. The summed E-state index contributed by atoms with van der Waals surface area (Å²) in [6.07, 6.45) is 1.45. The van der Waals surface area contributed by atoms with Gasteiger partial charge in [0.25, 0.3) is 0 Å². The zero-order valence-electron chi connectivity index (χ0n) is 14.3. The molecule has 6 heteroatoms. The smallest absolute Gasteiger partial charge is 0.174 e. The molecule has 4 aliphatic rings. The van der Waals surface area contributed by atoms with Crippen LogP contribution in [0.2, 0.25) is 0 Å². The van der Waals surface area contributed by atoms with E-state index >= 15 is 0 Å². The highest BCUT2D eigenvalue weighted by molar-refractivity contribution is 5.90. The molecular formula is C19H23NO5. The number of phenols is 1. The van der Waals surface area contributed by atoms with Gasteiger partial charge in [-0.1, -0.05) is 6.07 Å². The number of ether oxygens (including phenoxy) is 2. The van der Waals surface area contributed by atoms with Crippen LogP contribution in [0.1, 0.15) is 30.4 Å². The lowest BCUT2D eigenvalue weighted by atomic mass is 9.49. The summed E-state index contributed by atoms with van der Waals surface area (Å²) in [7, 11) is 1.69. The predicted octanol–water partition coefficient (Wildman–Crippen LogP) is 0.762. The third kappa shape index (κ3) is 1.68. The van der Waals surface area contributed by atoms with E-state index in [2.05, 4.69) is 4.90 Å². The first-order valence-electron chi connectivity index (χ1n) is 9.03. The quantitative estimate of drug-likeness (QED) is 0.842. The molecule has 25 heavy (non-hydrogen) atoms. The van der Waals surface area contributed by atoms with Gasteiger partial charge in [0.15, 0.2) is 23.4 Å². The molecule has 0 amide bonds. The van der Waals surface area contributed by atoms with Gasteiger partial charge in [-0.3, -0.25) is 9.69 Å². The number of methoxy groups -OCH3 is 1. The third-order valence-electron chi connectivity index (χ3n) is 6.95. The van der Waals surface area contributed by atoms with Gasteiger partial charge in [0, 0.05) is 31.7 Å². The Labute approximate surface area is 146 Å². The van der Waals surface area contributed by atoms with E-state index in [1.165, 1.54) is 0 Å². The fraction of sp³-hybridized carbons (Fsp3) is 0.632. The highest BCUT2D eigenvalue weighted by atomic mass is 16.5. The van der Waals surface area contributed by atoms with Gasteiger partial charge >= 0.3 is 0 Å². The first-order valence-corrected chi connectivity index (χ1v) is 9.03. The molecule has 134 valence electrons. The summed E-state index contributed by atoms with van der Waals surface area (Å²) in [6, 6.07) is 3.51. The van der Waals surface area contributed by atoms with Crippen molar-refractivity contribution in [3.63, 3.8) is 0 Å². The molecule has 1 aromatic rings. The number of piperidine rings is 1. The van der Waals surface area contributed by atoms with Crippen molar-refractivity contribution in [1.29, 1.82) is 0 Å². The van der Waals surface area contributed by atoms with E-state index in [0.29, 0.717) is 38.0 Å². The number of ketones is 1. The molecule has 2 heterocycles. The van der Waals surface area contributed by atoms with E-state index in [4.69, 9.17) is 9.47 Å². The van der Waals surface area contributed by atoms with Gasteiger partial charge in [0.05, 0.1) is 17.6 Å². The Bertz CT molecular complexity index is 764. The Morgan fingerprint density at radius 3 is 3.04 bits per heavy atom. The minimum absolute atomic E-state index is 0.0391. The standard InChI is InChI=1S/C19H23NO5/c1-24-9-8-20-7-6-18-15-11-2-3-12(21)16(15)25-17(18)13(22)4-5-19(18,23)14(20)10-11/h2-3,14,17,21,23H,4-10H2,1H3/t14?,17-,18?,19+/m0/s1. The number of aromatic hydroxyl groups is 1. The zero-order chi connectivity index (χ0) is 17.4. The minimum atomic E-state index is -1.01. The highest BCUT2D eigenvalue weighted by Gasteiger charge is 2.73. The maximum Gasteiger partial charge on any atom is 0.174 e. The number of nitrogens with zero attached hydrogens (tertiary/aromatic N) is 1. The summed E-state index contributed by atoms with van der Waals surface area (Å²) in [6.45, 7) is 2.17. The van der Waals surface area contributed by atoms with Crippen LogP contribution >= 0.6 is 0 Å². The van der Waals surface area contributed by atoms with Gasteiger partial charge in [-0.05, 0) is 37.4 Å². The molecule has 1 saturated carbocycles. The van der Waals surface area contributed by atoms with Crippen molar-refractivity contribution in [2.24, 2.45) is 0 Å². The van der Waals surface area contributed by atoms with Crippen molar-refractivity contribution in [3.05, 3.63) is 23.3 Å². The van der Waals surface area contributed by atoms with Crippen molar-refractivity contribution in [2.75, 3.05) is 26.8 Å². The topological polar surface area (TPSA) is 79.2 Å². The maximum absolute atomic E-state index is 12.7. The molecule has 2 N–H and O–H groups in total. The predicted molar refractivity (Wildman–Crippen MR) is 88.9 cm³/mol. The first-order chi connectivity index (χ1) is 12.0. The number of carbonyl (C=O) groups excluding carboxylic acids is 1. The average molecular weight is 345 g/mol. The number of rotatable bonds is 3. The second-order valence-electron chi connectivity index (χ2n) is 7.81. The van der Waals surface area contributed by atoms with E-state index in [-0.39, 0.29) is 17.6 Å². The SMILES string of the molecule is COCCN1CCC23c4c5ccc(O)c4O[C@H]2C(=O)CC[C@@]3(O)C1C5. The molecule has 0 radical (unpaired) electrons. The fourth-order valence-electron chi connectivity index (χ4n) is 5.89. The lowest BCUT2D eigenvalue weighted by molar-refractivity contribution is -0.189.